The molecular weight excluding hydrogens is 388 g/mol. The fourth-order valence-corrected chi connectivity index (χ4v) is 2.94. The molecule has 1 fully saturated rings. The van der Waals surface area contributed by atoms with Gasteiger partial charge >= 0.3 is 6.03 Å². The van der Waals surface area contributed by atoms with Gasteiger partial charge in [0.1, 0.15) is 5.70 Å². The summed E-state index contributed by atoms with van der Waals surface area (Å²) in [6, 6.07) is 3.22. The van der Waals surface area contributed by atoms with Crippen molar-refractivity contribution in [3.8, 4) is 11.5 Å². The minimum atomic E-state index is -0.388. The highest BCUT2D eigenvalue weighted by Gasteiger charge is 2.32. The number of nitrogens with zero attached hydrogens (tertiary/aromatic N) is 1. The molecule has 2 rings (SSSR count). The topological polar surface area (TPSA) is 67.9 Å². The number of nitrogens with one attached hydrogen (secondary N) is 1. The summed E-state index contributed by atoms with van der Waals surface area (Å²) >= 11 is 3.49. The van der Waals surface area contributed by atoms with Gasteiger partial charge in [-0.05, 0) is 59.5 Å². The standard InChI is InChI=1S/C18H23BrN2O4/c1-5-7-21-17(22)14(20-18(21)23)9-12-8-13(19)16(15(10-12)24-4)25-11(3)6-2/h8-11H,5-7H2,1-4H3,(H,20,23)/b14-9+/t11-/m0/s1. The maximum absolute atomic E-state index is 12.3. The number of carbonyl (C=O) groups excluding carboxylic acids is 2. The first-order valence-electron chi connectivity index (χ1n) is 8.29. The average Bonchev–Trinajstić information content (AvgIpc) is 2.84. The molecule has 1 heterocycles. The number of ether oxygens (including phenoxy) is 2. The van der Waals surface area contributed by atoms with Crippen LogP contribution in [0.2, 0.25) is 0 Å². The van der Waals surface area contributed by atoms with Gasteiger partial charge in [-0.3, -0.25) is 9.69 Å². The number of halogens is 1. The number of amides is 3. The molecule has 1 N–H and O–H groups in total. The summed E-state index contributed by atoms with van der Waals surface area (Å²) in [4.78, 5) is 25.4. The molecule has 0 radical (unpaired) electrons. The van der Waals surface area contributed by atoms with Gasteiger partial charge in [0.05, 0.1) is 17.7 Å². The van der Waals surface area contributed by atoms with Crippen molar-refractivity contribution in [3.05, 3.63) is 27.9 Å². The quantitative estimate of drug-likeness (QED) is 0.545. The number of imide groups is 1. The second kappa shape index (κ2) is 8.38. The molecule has 0 spiro atoms. The van der Waals surface area contributed by atoms with Crippen LogP contribution in [0.1, 0.15) is 39.2 Å². The SMILES string of the molecule is CCCN1C(=O)N/C(=C/c2cc(Br)c(O[C@@H](C)CC)c(OC)c2)C1=O. The molecule has 1 aliphatic rings. The van der Waals surface area contributed by atoms with E-state index in [1.165, 1.54) is 4.90 Å². The van der Waals surface area contributed by atoms with E-state index >= 15 is 0 Å². The highest BCUT2D eigenvalue weighted by Crippen LogP contribution is 2.38. The van der Waals surface area contributed by atoms with Crippen molar-refractivity contribution in [3.63, 3.8) is 0 Å². The minimum Gasteiger partial charge on any atom is -0.493 e. The minimum absolute atomic E-state index is 0.0488. The number of urea groups is 1. The number of hydrogen-bond acceptors (Lipinski definition) is 4. The van der Waals surface area contributed by atoms with E-state index in [0.717, 1.165) is 16.5 Å². The van der Waals surface area contributed by atoms with Crippen molar-refractivity contribution in [1.29, 1.82) is 0 Å². The van der Waals surface area contributed by atoms with Crippen LogP contribution < -0.4 is 14.8 Å². The van der Waals surface area contributed by atoms with Gasteiger partial charge < -0.3 is 14.8 Å². The van der Waals surface area contributed by atoms with E-state index < -0.39 is 0 Å². The summed E-state index contributed by atoms with van der Waals surface area (Å²) in [5, 5.41) is 2.61. The second-order valence-corrected chi connectivity index (χ2v) is 6.67. The predicted octanol–water partition coefficient (Wildman–Crippen LogP) is 3.94. The molecule has 0 aliphatic carbocycles. The Hall–Kier alpha value is -2.02. The summed E-state index contributed by atoms with van der Waals surface area (Å²) in [6.45, 7) is 6.34. The lowest BCUT2D eigenvalue weighted by Crippen LogP contribution is -2.31. The van der Waals surface area contributed by atoms with E-state index in [4.69, 9.17) is 9.47 Å². The smallest absolute Gasteiger partial charge is 0.329 e. The fourth-order valence-electron chi connectivity index (χ4n) is 2.39. The molecule has 1 aliphatic heterocycles. The monoisotopic (exact) mass is 410 g/mol. The van der Waals surface area contributed by atoms with Crippen molar-refractivity contribution in [2.45, 2.75) is 39.7 Å². The maximum Gasteiger partial charge on any atom is 0.329 e. The molecule has 136 valence electrons. The van der Waals surface area contributed by atoms with E-state index in [-0.39, 0.29) is 23.7 Å². The number of carbonyl (C=O) groups is 2. The number of hydrogen-bond donors (Lipinski definition) is 1. The summed E-state index contributed by atoms with van der Waals surface area (Å²) < 4.78 is 12.0. The van der Waals surface area contributed by atoms with Crippen molar-refractivity contribution >= 4 is 33.9 Å². The van der Waals surface area contributed by atoms with Gasteiger partial charge in [0.15, 0.2) is 11.5 Å². The van der Waals surface area contributed by atoms with Crippen LogP contribution in [0.5, 0.6) is 11.5 Å². The van der Waals surface area contributed by atoms with Crippen LogP contribution >= 0.6 is 15.9 Å². The fraction of sp³-hybridized carbons (Fsp3) is 0.444. The Kier molecular flexibility index (Phi) is 6.47. The van der Waals surface area contributed by atoms with Crippen LogP contribution in [0.3, 0.4) is 0 Å². The normalized spacial score (nSPS) is 17.0. The zero-order valence-electron chi connectivity index (χ0n) is 14.9. The Labute approximate surface area is 156 Å². The lowest BCUT2D eigenvalue weighted by Gasteiger charge is -2.17. The zero-order valence-corrected chi connectivity index (χ0v) is 16.5. The molecule has 0 aromatic heterocycles. The number of benzene rings is 1. The maximum atomic E-state index is 12.3. The first-order chi connectivity index (χ1) is 11.9. The molecule has 6 nitrogen and oxygen atoms in total. The van der Waals surface area contributed by atoms with Crippen LogP contribution in [-0.4, -0.2) is 36.6 Å². The molecular formula is C18H23BrN2O4. The highest BCUT2D eigenvalue weighted by molar-refractivity contribution is 9.10. The number of rotatable bonds is 7. The van der Waals surface area contributed by atoms with Crippen LogP contribution in [0.25, 0.3) is 6.08 Å². The molecule has 1 atom stereocenters. The summed E-state index contributed by atoms with van der Waals surface area (Å²) in [6.07, 6.45) is 3.27. The van der Waals surface area contributed by atoms with Crippen molar-refractivity contribution in [2.75, 3.05) is 13.7 Å². The predicted molar refractivity (Wildman–Crippen MR) is 99.6 cm³/mol. The van der Waals surface area contributed by atoms with E-state index in [1.807, 2.05) is 26.8 Å². The van der Waals surface area contributed by atoms with E-state index in [1.54, 1.807) is 19.3 Å². The molecule has 1 aromatic carbocycles. The second-order valence-electron chi connectivity index (χ2n) is 5.82. The molecule has 7 heteroatoms. The van der Waals surface area contributed by atoms with Gasteiger partial charge in [-0.25, -0.2) is 4.79 Å². The van der Waals surface area contributed by atoms with Gasteiger partial charge in [-0.2, -0.15) is 0 Å². The van der Waals surface area contributed by atoms with Crippen LogP contribution in [0.15, 0.2) is 22.3 Å². The van der Waals surface area contributed by atoms with Gasteiger partial charge in [0.25, 0.3) is 5.91 Å². The third kappa shape index (κ3) is 4.34. The Morgan fingerprint density at radius 2 is 2.04 bits per heavy atom. The van der Waals surface area contributed by atoms with Crippen molar-refractivity contribution in [2.24, 2.45) is 0 Å². The molecule has 0 bridgehead atoms. The summed E-state index contributed by atoms with van der Waals surface area (Å²) in [5.41, 5.74) is 0.977. The van der Waals surface area contributed by atoms with Gasteiger partial charge in [0, 0.05) is 6.54 Å². The highest BCUT2D eigenvalue weighted by atomic mass is 79.9. The Bertz CT molecular complexity index is 703. The average molecular weight is 411 g/mol. The van der Waals surface area contributed by atoms with E-state index in [0.29, 0.717) is 24.5 Å². The van der Waals surface area contributed by atoms with Gasteiger partial charge in [0.2, 0.25) is 0 Å². The van der Waals surface area contributed by atoms with Crippen LogP contribution in [0.4, 0.5) is 4.79 Å². The van der Waals surface area contributed by atoms with Crippen molar-refractivity contribution in [1.82, 2.24) is 10.2 Å². The third-order valence-electron chi connectivity index (χ3n) is 3.87. The molecule has 3 amide bonds. The Morgan fingerprint density at radius 1 is 1.32 bits per heavy atom. The largest absolute Gasteiger partial charge is 0.493 e. The Balaban J connectivity index is 2.33. The molecule has 0 unspecified atom stereocenters. The number of methoxy groups -OCH3 is 1. The van der Waals surface area contributed by atoms with E-state index in [2.05, 4.69) is 21.2 Å². The first kappa shape index (κ1) is 19.3. The summed E-state index contributed by atoms with van der Waals surface area (Å²) in [7, 11) is 1.56. The van der Waals surface area contributed by atoms with E-state index in [9.17, 15) is 9.59 Å². The first-order valence-corrected chi connectivity index (χ1v) is 9.09. The zero-order chi connectivity index (χ0) is 18.6. The third-order valence-corrected chi connectivity index (χ3v) is 4.46. The van der Waals surface area contributed by atoms with Crippen LogP contribution in [-0.2, 0) is 4.79 Å². The van der Waals surface area contributed by atoms with Crippen LogP contribution in [0, 0.1) is 0 Å². The summed E-state index contributed by atoms with van der Waals surface area (Å²) in [5.74, 6) is 0.860. The molecule has 1 aromatic rings. The lowest BCUT2D eigenvalue weighted by atomic mass is 10.1. The molecule has 0 saturated carbocycles. The lowest BCUT2D eigenvalue weighted by molar-refractivity contribution is -0.122. The molecule has 25 heavy (non-hydrogen) atoms. The van der Waals surface area contributed by atoms with Crippen molar-refractivity contribution < 1.29 is 19.1 Å². The van der Waals surface area contributed by atoms with Gasteiger partial charge in [-0.1, -0.05) is 13.8 Å². The Morgan fingerprint density at radius 3 is 2.64 bits per heavy atom. The molecule has 1 saturated heterocycles. The van der Waals surface area contributed by atoms with Gasteiger partial charge in [-0.15, -0.1) is 0 Å².